The number of anilines is 1. The number of nitrogens with one attached hydrogen (secondary N) is 1. The van der Waals surface area contributed by atoms with Crippen LogP contribution in [-0.4, -0.2) is 31.1 Å². The molecule has 0 spiro atoms. The van der Waals surface area contributed by atoms with Gasteiger partial charge in [0.2, 0.25) is 0 Å². The van der Waals surface area contributed by atoms with E-state index in [0.717, 1.165) is 24.0 Å². The summed E-state index contributed by atoms with van der Waals surface area (Å²) >= 11 is 3.26. The second kappa shape index (κ2) is 5.15. The van der Waals surface area contributed by atoms with Gasteiger partial charge >= 0.3 is 0 Å². The van der Waals surface area contributed by atoms with Crippen LogP contribution in [0.5, 0.6) is 0 Å². The number of likely N-dealkylation sites (N-methyl/N-ethyl adjacent to an activating group) is 1. The van der Waals surface area contributed by atoms with Crippen molar-refractivity contribution in [2.24, 2.45) is 0 Å². The van der Waals surface area contributed by atoms with Crippen molar-refractivity contribution in [3.05, 3.63) is 28.5 Å². The minimum absolute atomic E-state index is 0.192. The first kappa shape index (κ1) is 11.9. The standard InChI is InChI=1S/C12H16BrFN2/c1-16-6-2-3-10(8-16)15-12-5-4-9(13)7-11(12)14/h4-5,7,10,15H,2-3,6,8H2,1H3. The van der Waals surface area contributed by atoms with Crippen LogP contribution in [0.25, 0.3) is 0 Å². The zero-order valence-corrected chi connectivity index (χ0v) is 10.9. The largest absolute Gasteiger partial charge is 0.379 e. The Hall–Kier alpha value is -0.610. The highest BCUT2D eigenvalue weighted by molar-refractivity contribution is 9.10. The van der Waals surface area contributed by atoms with E-state index in [9.17, 15) is 4.39 Å². The second-order valence-electron chi connectivity index (χ2n) is 4.37. The Labute approximate surface area is 104 Å². The monoisotopic (exact) mass is 286 g/mol. The van der Waals surface area contributed by atoms with Crippen LogP contribution in [0.2, 0.25) is 0 Å². The van der Waals surface area contributed by atoms with Gasteiger partial charge < -0.3 is 10.2 Å². The summed E-state index contributed by atoms with van der Waals surface area (Å²) in [6.07, 6.45) is 2.28. The van der Waals surface area contributed by atoms with Gasteiger partial charge in [-0.25, -0.2) is 4.39 Å². The average Bonchev–Trinajstić information content (AvgIpc) is 2.22. The van der Waals surface area contributed by atoms with Crippen molar-refractivity contribution in [2.75, 3.05) is 25.5 Å². The lowest BCUT2D eigenvalue weighted by Gasteiger charge is -2.31. The molecular weight excluding hydrogens is 271 g/mol. The number of benzene rings is 1. The molecule has 1 N–H and O–H groups in total. The SMILES string of the molecule is CN1CCCC(Nc2ccc(Br)cc2F)C1. The van der Waals surface area contributed by atoms with Gasteiger partial charge in [-0.2, -0.15) is 0 Å². The van der Waals surface area contributed by atoms with Gasteiger partial charge in [0.15, 0.2) is 0 Å². The van der Waals surface area contributed by atoms with Crippen molar-refractivity contribution in [1.29, 1.82) is 0 Å². The summed E-state index contributed by atoms with van der Waals surface area (Å²) in [5.74, 6) is -0.192. The third kappa shape index (κ3) is 2.95. The summed E-state index contributed by atoms with van der Waals surface area (Å²) < 4.78 is 14.4. The molecule has 2 rings (SSSR count). The average molecular weight is 287 g/mol. The van der Waals surface area contributed by atoms with Crippen molar-refractivity contribution in [3.63, 3.8) is 0 Å². The van der Waals surface area contributed by atoms with Crippen LogP contribution in [0.3, 0.4) is 0 Å². The fraction of sp³-hybridized carbons (Fsp3) is 0.500. The molecule has 1 saturated heterocycles. The van der Waals surface area contributed by atoms with Gasteiger partial charge in [0, 0.05) is 17.1 Å². The molecule has 1 aromatic carbocycles. The Morgan fingerprint density at radius 2 is 2.31 bits per heavy atom. The maximum Gasteiger partial charge on any atom is 0.147 e. The van der Waals surface area contributed by atoms with E-state index in [4.69, 9.17) is 0 Å². The number of nitrogens with zero attached hydrogens (tertiary/aromatic N) is 1. The molecule has 2 nitrogen and oxygen atoms in total. The van der Waals surface area contributed by atoms with E-state index < -0.39 is 0 Å². The highest BCUT2D eigenvalue weighted by atomic mass is 79.9. The molecule has 0 bridgehead atoms. The lowest BCUT2D eigenvalue weighted by Crippen LogP contribution is -2.39. The van der Waals surface area contributed by atoms with Gasteiger partial charge in [0.05, 0.1) is 5.69 Å². The van der Waals surface area contributed by atoms with E-state index in [1.807, 2.05) is 6.07 Å². The molecule has 0 amide bonds. The number of hydrogen-bond donors (Lipinski definition) is 1. The Morgan fingerprint density at radius 3 is 3.00 bits per heavy atom. The molecule has 0 aliphatic carbocycles. The Balaban J connectivity index is 2.02. The molecule has 1 fully saturated rings. The Bertz CT molecular complexity index is 370. The van der Waals surface area contributed by atoms with Crippen LogP contribution < -0.4 is 5.32 Å². The van der Waals surface area contributed by atoms with E-state index >= 15 is 0 Å². The van der Waals surface area contributed by atoms with Crippen LogP contribution in [0.4, 0.5) is 10.1 Å². The van der Waals surface area contributed by atoms with Crippen molar-refractivity contribution in [1.82, 2.24) is 4.90 Å². The number of rotatable bonds is 2. The lowest BCUT2D eigenvalue weighted by atomic mass is 10.1. The maximum absolute atomic E-state index is 13.6. The van der Waals surface area contributed by atoms with Gasteiger partial charge in [-0.15, -0.1) is 0 Å². The van der Waals surface area contributed by atoms with Crippen molar-refractivity contribution < 1.29 is 4.39 Å². The highest BCUT2D eigenvalue weighted by Gasteiger charge is 2.17. The first-order chi connectivity index (χ1) is 7.65. The van der Waals surface area contributed by atoms with E-state index in [-0.39, 0.29) is 5.82 Å². The number of likely N-dealkylation sites (tertiary alicyclic amines) is 1. The van der Waals surface area contributed by atoms with Crippen LogP contribution in [-0.2, 0) is 0 Å². The Morgan fingerprint density at radius 1 is 1.50 bits per heavy atom. The molecular formula is C12H16BrFN2. The van der Waals surface area contributed by atoms with Crippen molar-refractivity contribution in [2.45, 2.75) is 18.9 Å². The summed E-state index contributed by atoms with van der Waals surface area (Å²) in [4.78, 5) is 2.28. The quantitative estimate of drug-likeness (QED) is 0.899. The zero-order valence-electron chi connectivity index (χ0n) is 9.34. The van der Waals surface area contributed by atoms with E-state index in [1.165, 1.54) is 12.5 Å². The highest BCUT2D eigenvalue weighted by Crippen LogP contribution is 2.21. The summed E-state index contributed by atoms with van der Waals surface area (Å²) in [6.45, 7) is 2.12. The summed E-state index contributed by atoms with van der Waals surface area (Å²) in [6, 6.07) is 5.50. The van der Waals surface area contributed by atoms with Crippen molar-refractivity contribution in [3.8, 4) is 0 Å². The normalized spacial score (nSPS) is 22.1. The topological polar surface area (TPSA) is 15.3 Å². The molecule has 1 atom stereocenters. The summed E-state index contributed by atoms with van der Waals surface area (Å²) in [7, 11) is 2.10. The Kier molecular flexibility index (Phi) is 3.82. The van der Waals surface area contributed by atoms with Crippen LogP contribution >= 0.6 is 15.9 Å². The molecule has 1 aliphatic rings. The van der Waals surface area contributed by atoms with Gasteiger partial charge in [-0.05, 0) is 44.6 Å². The van der Waals surface area contributed by atoms with Gasteiger partial charge in [0.25, 0.3) is 0 Å². The molecule has 16 heavy (non-hydrogen) atoms. The van der Waals surface area contributed by atoms with Gasteiger partial charge in [0.1, 0.15) is 5.82 Å². The number of piperidine rings is 1. The van der Waals surface area contributed by atoms with Gasteiger partial charge in [-0.3, -0.25) is 0 Å². The smallest absolute Gasteiger partial charge is 0.147 e. The second-order valence-corrected chi connectivity index (χ2v) is 5.29. The third-order valence-electron chi connectivity index (χ3n) is 2.92. The predicted octanol–water partition coefficient (Wildman–Crippen LogP) is 3.09. The number of hydrogen-bond acceptors (Lipinski definition) is 2. The lowest BCUT2D eigenvalue weighted by molar-refractivity contribution is 0.260. The zero-order chi connectivity index (χ0) is 11.5. The van der Waals surface area contributed by atoms with Gasteiger partial charge in [-0.1, -0.05) is 15.9 Å². The van der Waals surface area contributed by atoms with E-state index in [0.29, 0.717) is 11.7 Å². The number of halogens is 2. The third-order valence-corrected chi connectivity index (χ3v) is 3.41. The summed E-state index contributed by atoms with van der Waals surface area (Å²) in [5.41, 5.74) is 0.600. The molecule has 0 aromatic heterocycles. The predicted molar refractivity (Wildman–Crippen MR) is 68.2 cm³/mol. The minimum atomic E-state index is -0.192. The van der Waals surface area contributed by atoms with Crippen LogP contribution in [0, 0.1) is 5.82 Å². The van der Waals surface area contributed by atoms with Crippen LogP contribution in [0.15, 0.2) is 22.7 Å². The molecule has 88 valence electrons. The fourth-order valence-corrected chi connectivity index (χ4v) is 2.44. The minimum Gasteiger partial charge on any atom is -0.379 e. The van der Waals surface area contributed by atoms with E-state index in [2.05, 4.69) is 33.2 Å². The molecule has 1 aliphatic heterocycles. The fourth-order valence-electron chi connectivity index (χ4n) is 2.11. The molecule has 0 saturated carbocycles. The molecule has 0 radical (unpaired) electrons. The summed E-state index contributed by atoms with van der Waals surface area (Å²) in [5, 5.41) is 3.27. The molecule has 1 heterocycles. The molecule has 1 unspecified atom stereocenters. The first-order valence-corrected chi connectivity index (χ1v) is 6.34. The van der Waals surface area contributed by atoms with Crippen molar-refractivity contribution >= 4 is 21.6 Å². The molecule has 4 heteroatoms. The van der Waals surface area contributed by atoms with E-state index in [1.54, 1.807) is 6.07 Å². The molecule has 1 aromatic rings. The van der Waals surface area contributed by atoms with Crippen LogP contribution in [0.1, 0.15) is 12.8 Å². The first-order valence-electron chi connectivity index (χ1n) is 5.55. The maximum atomic E-state index is 13.6.